The van der Waals surface area contributed by atoms with E-state index in [0.717, 1.165) is 25.3 Å². The van der Waals surface area contributed by atoms with Gasteiger partial charge in [0.15, 0.2) is 0 Å². The molecule has 0 bridgehead atoms. The number of aliphatic hydroxyl groups is 1. The van der Waals surface area contributed by atoms with Crippen molar-refractivity contribution in [3.8, 4) is 0 Å². The quantitative estimate of drug-likeness (QED) is 0.458. The van der Waals surface area contributed by atoms with Crippen molar-refractivity contribution in [3.63, 3.8) is 0 Å². The molecule has 0 aliphatic carbocycles. The Balaban J connectivity index is 3.33. The minimum absolute atomic E-state index is 0.387. The van der Waals surface area contributed by atoms with E-state index in [9.17, 15) is 9.90 Å². The van der Waals surface area contributed by atoms with Crippen LogP contribution >= 0.6 is 0 Å². The van der Waals surface area contributed by atoms with Gasteiger partial charge in [0.25, 0.3) is 0 Å². The molecule has 0 aliphatic heterocycles. The molecule has 0 aliphatic rings. The van der Waals surface area contributed by atoms with Crippen molar-refractivity contribution in [3.05, 3.63) is 12.2 Å². The fourth-order valence-electron chi connectivity index (χ4n) is 1.43. The van der Waals surface area contributed by atoms with E-state index in [-0.39, 0.29) is 6.10 Å². The molecule has 2 N–H and O–H groups in total. The summed E-state index contributed by atoms with van der Waals surface area (Å²) in [6.07, 6.45) is 9.33. The standard InChI is InChI=1S/C12H22O3/c1-2-3-4-5-6-8-11(13)9-7-10-12(14)15/h7,10-11,13H,2-6,8-9H2,1H3,(H,14,15)/b10-7+. The third-order valence-electron chi connectivity index (χ3n) is 2.31. The average molecular weight is 214 g/mol. The number of hydrogen-bond acceptors (Lipinski definition) is 2. The highest BCUT2D eigenvalue weighted by Crippen LogP contribution is 2.09. The smallest absolute Gasteiger partial charge is 0.327 e. The van der Waals surface area contributed by atoms with Gasteiger partial charge in [0, 0.05) is 6.08 Å². The molecule has 0 aromatic rings. The first-order valence-corrected chi connectivity index (χ1v) is 5.74. The lowest BCUT2D eigenvalue weighted by Crippen LogP contribution is -2.04. The molecular formula is C12H22O3. The Morgan fingerprint density at radius 2 is 1.93 bits per heavy atom. The zero-order valence-electron chi connectivity index (χ0n) is 9.48. The molecular weight excluding hydrogens is 192 g/mol. The van der Waals surface area contributed by atoms with E-state index in [1.165, 1.54) is 25.3 Å². The van der Waals surface area contributed by atoms with Crippen molar-refractivity contribution in [2.24, 2.45) is 0 Å². The molecule has 0 saturated heterocycles. The molecule has 1 atom stereocenters. The van der Waals surface area contributed by atoms with Crippen molar-refractivity contribution < 1.29 is 15.0 Å². The summed E-state index contributed by atoms with van der Waals surface area (Å²) in [5.74, 6) is -0.954. The highest BCUT2D eigenvalue weighted by atomic mass is 16.4. The Labute approximate surface area is 91.8 Å². The van der Waals surface area contributed by atoms with Gasteiger partial charge in [0.2, 0.25) is 0 Å². The van der Waals surface area contributed by atoms with Crippen LogP contribution in [0.2, 0.25) is 0 Å². The van der Waals surface area contributed by atoms with Gasteiger partial charge in [-0.2, -0.15) is 0 Å². The van der Waals surface area contributed by atoms with Crippen LogP contribution in [0.15, 0.2) is 12.2 Å². The first-order chi connectivity index (χ1) is 7.16. The van der Waals surface area contributed by atoms with E-state index in [1.54, 1.807) is 0 Å². The number of carboxylic acid groups (broad SMARTS) is 1. The van der Waals surface area contributed by atoms with Crippen LogP contribution in [0, 0.1) is 0 Å². The second-order valence-electron chi connectivity index (χ2n) is 3.83. The molecule has 0 saturated carbocycles. The van der Waals surface area contributed by atoms with Gasteiger partial charge in [0.05, 0.1) is 6.10 Å². The van der Waals surface area contributed by atoms with Crippen molar-refractivity contribution in [2.75, 3.05) is 0 Å². The lowest BCUT2D eigenvalue weighted by Gasteiger charge is -2.06. The van der Waals surface area contributed by atoms with Gasteiger partial charge in [-0.1, -0.05) is 45.1 Å². The Kier molecular flexibility index (Phi) is 9.18. The van der Waals surface area contributed by atoms with Crippen LogP contribution in [0.5, 0.6) is 0 Å². The van der Waals surface area contributed by atoms with Crippen LogP contribution in [0.25, 0.3) is 0 Å². The van der Waals surface area contributed by atoms with Crippen molar-refractivity contribution in [1.29, 1.82) is 0 Å². The van der Waals surface area contributed by atoms with Crippen LogP contribution in [0.4, 0.5) is 0 Å². The number of rotatable bonds is 9. The number of hydrogen-bond donors (Lipinski definition) is 2. The van der Waals surface area contributed by atoms with Gasteiger partial charge in [-0.05, 0) is 12.8 Å². The molecule has 15 heavy (non-hydrogen) atoms. The lowest BCUT2D eigenvalue weighted by atomic mass is 10.1. The monoisotopic (exact) mass is 214 g/mol. The topological polar surface area (TPSA) is 57.5 Å². The van der Waals surface area contributed by atoms with Crippen LogP contribution < -0.4 is 0 Å². The summed E-state index contributed by atoms with van der Waals surface area (Å²) in [6, 6.07) is 0. The van der Waals surface area contributed by atoms with Gasteiger partial charge < -0.3 is 10.2 Å². The summed E-state index contributed by atoms with van der Waals surface area (Å²) in [6.45, 7) is 2.17. The molecule has 0 rings (SSSR count). The molecule has 0 aromatic carbocycles. The molecule has 88 valence electrons. The van der Waals surface area contributed by atoms with Crippen LogP contribution in [0.3, 0.4) is 0 Å². The van der Waals surface area contributed by atoms with Gasteiger partial charge in [0.1, 0.15) is 0 Å². The maximum atomic E-state index is 10.1. The molecule has 0 spiro atoms. The first-order valence-electron chi connectivity index (χ1n) is 5.74. The summed E-state index contributed by atoms with van der Waals surface area (Å²) in [5.41, 5.74) is 0. The number of unbranched alkanes of at least 4 members (excludes halogenated alkanes) is 4. The highest BCUT2D eigenvalue weighted by Gasteiger charge is 2.01. The SMILES string of the molecule is CCCCCCCC(O)C/C=C/C(=O)O. The fraction of sp³-hybridized carbons (Fsp3) is 0.750. The van der Waals surface area contributed by atoms with Crippen molar-refractivity contribution in [2.45, 2.75) is 58.0 Å². The molecule has 3 heteroatoms. The van der Waals surface area contributed by atoms with Gasteiger partial charge in [-0.15, -0.1) is 0 Å². The molecule has 0 fully saturated rings. The number of aliphatic hydroxyl groups excluding tert-OH is 1. The van der Waals surface area contributed by atoms with Crippen LogP contribution in [0.1, 0.15) is 51.9 Å². The van der Waals surface area contributed by atoms with Gasteiger partial charge in [-0.3, -0.25) is 0 Å². The molecule has 1 unspecified atom stereocenters. The van der Waals surface area contributed by atoms with E-state index in [1.807, 2.05) is 0 Å². The van der Waals surface area contributed by atoms with Crippen molar-refractivity contribution in [1.82, 2.24) is 0 Å². The van der Waals surface area contributed by atoms with Gasteiger partial charge in [-0.25, -0.2) is 4.79 Å². The minimum atomic E-state index is -0.954. The third kappa shape index (κ3) is 11.1. The average Bonchev–Trinajstić information content (AvgIpc) is 2.17. The summed E-state index contributed by atoms with van der Waals surface area (Å²) in [4.78, 5) is 10.1. The zero-order chi connectivity index (χ0) is 11.5. The molecule has 0 aromatic heterocycles. The van der Waals surface area contributed by atoms with Gasteiger partial charge >= 0.3 is 5.97 Å². The van der Waals surface area contributed by atoms with Crippen LogP contribution in [-0.2, 0) is 4.79 Å². The molecule has 0 radical (unpaired) electrons. The normalized spacial score (nSPS) is 13.2. The minimum Gasteiger partial charge on any atom is -0.478 e. The fourth-order valence-corrected chi connectivity index (χ4v) is 1.43. The van der Waals surface area contributed by atoms with E-state index >= 15 is 0 Å². The Bertz CT molecular complexity index is 187. The van der Waals surface area contributed by atoms with E-state index in [2.05, 4.69) is 6.92 Å². The predicted octanol–water partition coefficient (Wildman–Crippen LogP) is 2.74. The number of aliphatic carboxylic acids is 1. The zero-order valence-corrected chi connectivity index (χ0v) is 9.48. The van der Waals surface area contributed by atoms with Crippen LogP contribution in [-0.4, -0.2) is 22.3 Å². The van der Waals surface area contributed by atoms with E-state index < -0.39 is 5.97 Å². The number of carbonyl (C=O) groups is 1. The lowest BCUT2D eigenvalue weighted by molar-refractivity contribution is -0.131. The maximum Gasteiger partial charge on any atom is 0.327 e. The first kappa shape index (κ1) is 14.2. The summed E-state index contributed by atoms with van der Waals surface area (Å²) >= 11 is 0. The maximum absolute atomic E-state index is 10.1. The molecule has 0 amide bonds. The number of carboxylic acids is 1. The van der Waals surface area contributed by atoms with E-state index in [4.69, 9.17) is 5.11 Å². The van der Waals surface area contributed by atoms with Crippen molar-refractivity contribution >= 4 is 5.97 Å². The molecule has 3 nitrogen and oxygen atoms in total. The second kappa shape index (κ2) is 9.71. The third-order valence-corrected chi connectivity index (χ3v) is 2.31. The second-order valence-corrected chi connectivity index (χ2v) is 3.83. The summed E-state index contributed by atoms with van der Waals surface area (Å²) in [5, 5.41) is 17.8. The largest absolute Gasteiger partial charge is 0.478 e. The van der Waals surface area contributed by atoms with E-state index in [0.29, 0.717) is 6.42 Å². The Hall–Kier alpha value is -0.830. The molecule has 0 heterocycles. The Morgan fingerprint density at radius 1 is 1.27 bits per heavy atom. The summed E-state index contributed by atoms with van der Waals surface area (Å²) in [7, 11) is 0. The highest BCUT2D eigenvalue weighted by molar-refractivity contribution is 5.79. The Morgan fingerprint density at radius 3 is 2.53 bits per heavy atom. The summed E-state index contributed by atoms with van der Waals surface area (Å²) < 4.78 is 0. The predicted molar refractivity (Wildman–Crippen MR) is 60.8 cm³/mol.